The van der Waals surface area contributed by atoms with Gasteiger partial charge in [0.2, 0.25) is 0 Å². The molecule has 6 heteroatoms. The number of likely N-dealkylation sites (tertiary alicyclic amines) is 1. The highest BCUT2D eigenvalue weighted by molar-refractivity contribution is 5.85. The summed E-state index contributed by atoms with van der Waals surface area (Å²) in [5.41, 5.74) is 6.74. The quantitative estimate of drug-likeness (QED) is 0.713. The zero-order chi connectivity index (χ0) is 19.2. The second-order valence-corrected chi connectivity index (χ2v) is 8.08. The summed E-state index contributed by atoms with van der Waals surface area (Å²) in [5.74, 6) is 0.796. The summed E-state index contributed by atoms with van der Waals surface area (Å²) in [6.07, 6.45) is 2.40. The van der Waals surface area contributed by atoms with Crippen LogP contribution in [0.1, 0.15) is 52.5 Å². The predicted molar refractivity (Wildman–Crippen MR) is 112 cm³/mol. The summed E-state index contributed by atoms with van der Waals surface area (Å²) >= 11 is 0. The minimum atomic E-state index is -0.486. The van der Waals surface area contributed by atoms with Gasteiger partial charge in [0.1, 0.15) is 5.75 Å². The van der Waals surface area contributed by atoms with Crippen molar-refractivity contribution in [3.05, 3.63) is 29.8 Å². The van der Waals surface area contributed by atoms with E-state index in [9.17, 15) is 4.79 Å². The van der Waals surface area contributed by atoms with E-state index in [-0.39, 0.29) is 29.8 Å². The lowest BCUT2D eigenvalue weighted by Crippen LogP contribution is -2.46. The van der Waals surface area contributed by atoms with Crippen molar-refractivity contribution in [2.75, 3.05) is 26.2 Å². The molecule has 1 aliphatic heterocycles. The van der Waals surface area contributed by atoms with Crippen molar-refractivity contribution in [1.82, 2.24) is 4.90 Å². The molecule has 1 aromatic carbocycles. The van der Waals surface area contributed by atoms with E-state index < -0.39 is 6.10 Å². The summed E-state index contributed by atoms with van der Waals surface area (Å²) in [7, 11) is 0. The highest BCUT2D eigenvalue weighted by Crippen LogP contribution is 2.26. The largest absolute Gasteiger partial charge is 0.481 e. The fraction of sp³-hybridized carbons (Fsp3) is 0.667. The van der Waals surface area contributed by atoms with Crippen molar-refractivity contribution < 1.29 is 14.3 Å². The van der Waals surface area contributed by atoms with Crippen LogP contribution in [0.5, 0.6) is 5.75 Å². The zero-order valence-electron chi connectivity index (χ0n) is 17.1. The lowest BCUT2D eigenvalue weighted by Gasteiger charge is -2.33. The first-order valence-electron chi connectivity index (χ1n) is 9.69. The Labute approximate surface area is 170 Å². The van der Waals surface area contributed by atoms with Gasteiger partial charge in [-0.2, -0.15) is 0 Å². The van der Waals surface area contributed by atoms with E-state index in [1.54, 1.807) is 0 Å². The molecule has 27 heavy (non-hydrogen) atoms. The first-order chi connectivity index (χ1) is 12.3. The van der Waals surface area contributed by atoms with E-state index in [2.05, 4.69) is 26.8 Å². The fourth-order valence-corrected chi connectivity index (χ4v) is 3.12. The Morgan fingerprint density at radius 2 is 1.96 bits per heavy atom. The van der Waals surface area contributed by atoms with E-state index in [1.165, 1.54) is 5.56 Å². The molecule has 0 aromatic heterocycles. The molecule has 1 heterocycles. The van der Waals surface area contributed by atoms with E-state index in [0.29, 0.717) is 13.2 Å². The van der Waals surface area contributed by atoms with Crippen molar-refractivity contribution in [3.63, 3.8) is 0 Å². The summed E-state index contributed by atoms with van der Waals surface area (Å²) in [6, 6.07) is 8.02. The number of carbonyl (C=O) groups excluding carboxylic acids is 1. The Balaban J connectivity index is 0.00000364. The van der Waals surface area contributed by atoms with Crippen molar-refractivity contribution in [2.45, 2.75) is 64.6 Å². The van der Waals surface area contributed by atoms with Gasteiger partial charge in [0.05, 0.1) is 6.10 Å². The second kappa shape index (κ2) is 10.9. The van der Waals surface area contributed by atoms with Crippen molar-refractivity contribution >= 4 is 18.3 Å². The van der Waals surface area contributed by atoms with Crippen LogP contribution < -0.4 is 10.5 Å². The van der Waals surface area contributed by atoms with E-state index >= 15 is 0 Å². The molecular weight excluding hydrogens is 364 g/mol. The molecular formula is C21H35ClN2O3. The van der Waals surface area contributed by atoms with Gasteiger partial charge in [-0.1, -0.05) is 32.9 Å². The van der Waals surface area contributed by atoms with Crippen LogP contribution in [0.25, 0.3) is 0 Å². The average Bonchev–Trinajstić information content (AvgIpc) is 2.61. The molecule has 5 nitrogen and oxygen atoms in total. The van der Waals surface area contributed by atoms with Gasteiger partial charge in [-0.15, -0.1) is 12.4 Å². The molecule has 1 aliphatic rings. The predicted octanol–water partition coefficient (Wildman–Crippen LogP) is 3.53. The molecule has 0 radical (unpaired) electrons. The number of piperidine rings is 1. The Hall–Kier alpha value is -1.30. The van der Waals surface area contributed by atoms with Crippen LogP contribution in [-0.2, 0) is 14.9 Å². The van der Waals surface area contributed by atoms with E-state index in [4.69, 9.17) is 15.2 Å². The van der Waals surface area contributed by atoms with Crippen LogP contribution in [0.3, 0.4) is 0 Å². The summed E-state index contributed by atoms with van der Waals surface area (Å²) in [6.45, 7) is 11.1. The van der Waals surface area contributed by atoms with Crippen LogP contribution in [-0.4, -0.2) is 49.3 Å². The molecule has 0 saturated carbocycles. The van der Waals surface area contributed by atoms with E-state index in [1.807, 2.05) is 30.0 Å². The third kappa shape index (κ3) is 7.32. The zero-order valence-corrected chi connectivity index (χ0v) is 17.9. The summed E-state index contributed by atoms with van der Waals surface area (Å²) in [4.78, 5) is 14.6. The number of rotatable bonds is 7. The van der Waals surface area contributed by atoms with Crippen LogP contribution >= 0.6 is 12.4 Å². The number of nitrogens with zero attached hydrogens (tertiary/aromatic N) is 1. The molecule has 0 spiro atoms. The number of amides is 1. The monoisotopic (exact) mass is 398 g/mol. The minimum Gasteiger partial charge on any atom is -0.481 e. The topological polar surface area (TPSA) is 64.8 Å². The standard InChI is InChI=1S/C21H34N2O3.ClH/c1-16(26-19-8-5-7-17(15-19)21(2,3)4)20(24)23-12-9-18(10-13-23)25-14-6-11-22;/h5,7-8,15-16,18H,6,9-14,22H2,1-4H3;1H. The van der Waals surface area contributed by atoms with Gasteiger partial charge in [-0.25, -0.2) is 0 Å². The third-order valence-electron chi connectivity index (χ3n) is 4.82. The molecule has 2 N–H and O–H groups in total. The van der Waals surface area contributed by atoms with Crippen molar-refractivity contribution in [2.24, 2.45) is 5.73 Å². The minimum absolute atomic E-state index is 0. The number of hydrogen-bond acceptors (Lipinski definition) is 4. The number of nitrogens with two attached hydrogens (primary N) is 1. The van der Waals surface area contributed by atoms with Gasteiger partial charge < -0.3 is 20.1 Å². The van der Waals surface area contributed by atoms with Crippen molar-refractivity contribution in [3.8, 4) is 5.75 Å². The highest BCUT2D eigenvalue weighted by Gasteiger charge is 2.27. The van der Waals surface area contributed by atoms with Gasteiger partial charge in [0.25, 0.3) is 5.91 Å². The number of ether oxygens (including phenoxy) is 2. The van der Waals surface area contributed by atoms with E-state index in [0.717, 1.165) is 38.1 Å². The second-order valence-electron chi connectivity index (χ2n) is 8.08. The Bertz CT molecular complexity index is 581. The van der Waals surface area contributed by atoms with Gasteiger partial charge in [-0.05, 0) is 55.8 Å². The lowest BCUT2D eigenvalue weighted by atomic mass is 9.87. The normalized spacial score (nSPS) is 16.6. The number of halogens is 1. The maximum absolute atomic E-state index is 12.7. The van der Waals surface area contributed by atoms with Crippen LogP contribution in [0, 0.1) is 0 Å². The molecule has 2 rings (SSSR count). The Kier molecular flexibility index (Phi) is 9.57. The Morgan fingerprint density at radius 3 is 2.56 bits per heavy atom. The van der Waals surface area contributed by atoms with Gasteiger partial charge in [-0.3, -0.25) is 4.79 Å². The molecule has 1 amide bonds. The van der Waals surface area contributed by atoms with Crippen LogP contribution in [0.2, 0.25) is 0 Å². The molecule has 1 aromatic rings. The van der Waals surface area contributed by atoms with Crippen LogP contribution in [0.15, 0.2) is 24.3 Å². The third-order valence-corrected chi connectivity index (χ3v) is 4.82. The molecule has 154 valence electrons. The maximum atomic E-state index is 12.7. The Morgan fingerprint density at radius 1 is 1.30 bits per heavy atom. The number of hydrogen-bond donors (Lipinski definition) is 1. The van der Waals surface area contributed by atoms with Gasteiger partial charge in [0.15, 0.2) is 6.10 Å². The SMILES string of the molecule is CC(Oc1cccc(C(C)(C)C)c1)C(=O)N1CCC(OCCCN)CC1.Cl. The smallest absolute Gasteiger partial charge is 0.263 e. The highest BCUT2D eigenvalue weighted by atomic mass is 35.5. The molecule has 1 saturated heterocycles. The molecule has 1 unspecified atom stereocenters. The molecule has 1 atom stereocenters. The first kappa shape index (κ1) is 23.7. The van der Waals surface area contributed by atoms with Gasteiger partial charge in [0, 0.05) is 19.7 Å². The maximum Gasteiger partial charge on any atom is 0.263 e. The first-order valence-corrected chi connectivity index (χ1v) is 9.69. The van der Waals surface area contributed by atoms with Crippen molar-refractivity contribution in [1.29, 1.82) is 0 Å². The fourth-order valence-electron chi connectivity index (χ4n) is 3.12. The number of carbonyl (C=O) groups is 1. The summed E-state index contributed by atoms with van der Waals surface area (Å²) < 4.78 is 11.7. The summed E-state index contributed by atoms with van der Waals surface area (Å²) in [5, 5.41) is 0. The molecule has 1 fully saturated rings. The van der Waals surface area contributed by atoms with Gasteiger partial charge >= 0.3 is 0 Å². The molecule has 0 bridgehead atoms. The lowest BCUT2D eigenvalue weighted by molar-refractivity contribution is -0.140. The molecule has 0 aliphatic carbocycles. The van der Waals surface area contributed by atoms with Crippen LogP contribution in [0.4, 0.5) is 0 Å². The number of benzene rings is 1. The average molecular weight is 399 g/mol.